The monoisotopic (exact) mass is 445 g/mol. The lowest BCUT2D eigenvalue weighted by Crippen LogP contribution is -2.54. The molecule has 8 heteroatoms. The van der Waals surface area contributed by atoms with Crippen LogP contribution in [-0.2, 0) is 0 Å². The zero-order valence-electron chi connectivity index (χ0n) is 18.7. The molecule has 1 heterocycles. The average molecular weight is 446 g/mol. The lowest BCUT2D eigenvalue weighted by Gasteiger charge is -2.41. The van der Waals surface area contributed by atoms with Crippen LogP contribution in [0.1, 0.15) is 49.9 Å². The highest BCUT2D eigenvalue weighted by atomic mass is 16.2. The molecule has 3 rings (SSSR count). The van der Waals surface area contributed by atoms with E-state index in [0.29, 0.717) is 36.9 Å². The van der Waals surface area contributed by atoms with Crippen molar-refractivity contribution in [1.29, 1.82) is 5.26 Å². The molecule has 0 bridgehead atoms. The Balaban J connectivity index is 1.96. The van der Waals surface area contributed by atoms with Crippen LogP contribution in [0.4, 0.5) is 17.1 Å². The van der Waals surface area contributed by atoms with Crippen LogP contribution in [0.5, 0.6) is 0 Å². The van der Waals surface area contributed by atoms with Gasteiger partial charge in [-0.3, -0.25) is 19.4 Å². The Kier molecular flexibility index (Phi) is 7.57. The second-order valence-corrected chi connectivity index (χ2v) is 7.92. The van der Waals surface area contributed by atoms with E-state index in [4.69, 9.17) is 0 Å². The average Bonchev–Trinajstić information content (AvgIpc) is 2.87. The van der Waals surface area contributed by atoms with Crippen molar-refractivity contribution in [2.75, 3.05) is 10.6 Å². The summed E-state index contributed by atoms with van der Waals surface area (Å²) in [7, 11) is 0. The van der Waals surface area contributed by atoms with Gasteiger partial charge in [-0.25, -0.2) is 0 Å². The Hall–Kier alpha value is -3.99. The van der Waals surface area contributed by atoms with Crippen LogP contribution >= 0.6 is 0 Å². The van der Waals surface area contributed by atoms with E-state index in [9.17, 15) is 19.6 Å². The molecule has 1 amide bonds. The molecule has 3 N–H and O–H groups in total. The molecule has 1 unspecified atom stereocenters. The number of anilines is 3. The van der Waals surface area contributed by atoms with E-state index < -0.39 is 22.4 Å². The van der Waals surface area contributed by atoms with Crippen LogP contribution in [0.15, 0.2) is 64.4 Å². The van der Waals surface area contributed by atoms with Crippen LogP contribution in [0, 0.1) is 16.7 Å². The molecule has 8 nitrogen and oxygen atoms in total. The summed E-state index contributed by atoms with van der Waals surface area (Å²) < 4.78 is 0. The van der Waals surface area contributed by atoms with Gasteiger partial charge in [-0.05, 0) is 43.5 Å². The Labute approximate surface area is 192 Å². The van der Waals surface area contributed by atoms with Crippen LogP contribution in [0.3, 0.4) is 0 Å². The van der Waals surface area contributed by atoms with Gasteiger partial charge in [0.1, 0.15) is 17.5 Å². The van der Waals surface area contributed by atoms with Gasteiger partial charge < -0.3 is 16.0 Å². The van der Waals surface area contributed by atoms with Crippen LogP contribution in [0.25, 0.3) is 0 Å². The quantitative estimate of drug-likeness (QED) is 0.304. The Morgan fingerprint density at radius 2 is 1.76 bits per heavy atom. The number of nitrogens with zero attached hydrogens (tertiary/aromatic N) is 2. The molecule has 0 aliphatic heterocycles. The van der Waals surface area contributed by atoms with Gasteiger partial charge in [-0.15, -0.1) is 0 Å². The standard InChI is InChI=1S/C25H27N5O3/c1-3-25(4-2,13-9-14-26)24(30-23(33)17-10-6-5-7-11-17)29-20-19(21(31)22(20)32)28-18-12-8-15-27-16-18/h5-8,10-12,15-16,24,28-29H,3-4,9,13H2,1-2H3,(H,30,33). The second-order valence-electron chi connectivity index (χ2n) is 7.92. The third kappa shape index (κ3) is 5.09. The smallest absolute Gasteiger partial charge is 0.253 e. The van der Waals surface area contributed by atoms with E-state index in [1.807, 2.05) is 19.9 Å². The number of nitrogens with one attached hydrogen (secondary N) is 3. The van der Waals surface area contributed by atoms with Gasteiger partial charge in [0.05, 0.1) is 18.0 Å². The summed E-state index contributed by atoms with van der Waals surface area (Å²) in [5.41, 5.74) is -0.500. The first kappa shape index (κ1) is 23.7. The fourth-order valence-electron chi connectivity index (χ4n) is 3.98. The molecule has 0 saturated heterocycles. The van der Waals surface area contributed by atoms with Crippen LogP contribution < -0.4 is 26.8 Å². The highest BCUT2D eigenvalue weighted by Gasteiger charge is 2.38. The maximum Gasteiger partial charge on any atom is 0.253 e. The van der Waals surface area contributed by atoms with Gasteiger partial charge in [-0.2, -0.15) is 5.26 Å². The van der Waals surface area contributed by atoms with Crippen molar-refractivity contribution in [2.24, 2.45) is 5.41 Å². The summed E-state index contributed by atoms with van der Waals surface area (Å²) in [5.74, 6) is -0.309. The van der Waals surface area contributed by atoms with Gasteiger partial charge >= 0.3 is 0 Å². The third-order valence-electron chi connectivity index (χ3n) is 6.20. The van der Waals surface area contributed by atoms with Gasteiger partial charge in [0.2, 0.25) is 0 Å². The molecule has 0 saturated carbocycles. The van der Waals surface area contributed by atoms with Crippen molar-refractivity contribution in [3.8, 4) is 6.07 Å². The first-order valence-corrected chi connectivity index (χ1v) is 11.0. The van der Waals surface area contributed by atoms with Gasteiger partial charge in [0.15, 0.2) is 0 Å². The zero-order valence-corrected chi connectivity index (χ0v) is 18.7. The fourth-order valence-corrected chi connectivity index (χ4v) is 3.98. The van der Waals surface area contributed by atoms with Gasteiger partial charge in [0.25, 0.3) is 16.8 Å². The van der Waals surface area contributed by atoms with Crippen LogP contribution in [-0.4, -0.2) is 17.1 Å². The summed E-state index contributed by atoms with van der Waals surface area (Å²) in [6, 6.07) is 14.4. The predicted octanol–water partition coefficient (Wildman–Crippen LogP) is 3.70. The predicted molar refractivity (Wildman–Crippen MR) is 128 cm³/mol. The summed E-state index contributed by atoms with van der Waals surface area (Å²) in [5, 5.41) is 18.3. The van der Waals surface area contributed by atoms with Crippen molar-refractivity contribution in [3.63, 3.8) is 0 Å². The first-order chi connectivity index (χ1) is 16.0. The number of carbonyl (C=O) groups is 1. The van der Waals surface area contributed by atoms with Crippen molar-refractivity contribution in [2.45, 2.75) is 45.7 Å². The Morgan fingerprint density at radius 3 is 2.36 bits per heavy atom. The minimum atomic E-state index is -0.675. The number of nitriles is 1. The van der Waals surface area contributed by atoms with Gasteiger partial charge in [0, 0.05) is 23.6 Å². The highest BCUT2D eigenvalue weighted by molar-refractivity contribution is 5.94. The van der Waals surface area contributed by atoms with E-state index in [1.165, 1.54) is 0 Å². The Morgan fingerprint density at radius 1 is 1.06 bits per heavy atom. The number of amides is 1. The largest absolute Gasteiger partial charge is 0.360 e. The Bertz CT molecular complexity index is 1190. The number of hydrogen-bond donors (Lipinski definition) is 3. The molecule has 1 atom stereocenters. The SMILES string of the molecule is CCC(CC)(CCC#N)C(NC(=O)c1ccccc1)Nc1c(Nc2cccnc2)c(=O)c1=O. The summed E-state index contributed by atoms with van der Waals surface area (Å²) in [6.07, 6.45) is 4.60. The summed E-state index contributed by atoms with van der Waals surface area (Å²) in [6.45, 7) is 3.97. The maximum absolute atomic E-state index is 13.0. The molecule has 0 fully saturated rings. The van der Waals surface area contributed by atoms with E-state index in [0.717, 1.165) is 0 Å². The molecular formula is C25H27N5O3. The highest BCUT2D eigenvalue weighted by Crippen LogP contribution is 2.37. The molecule has 0 spiro atoms. The molecule has 33 heavy (non-hydrogen) atoms. The number of rotatable bonds is 11. The molecule has 1 aromatic heterocycles. The topological polar surface area (TPSA) is 124 Å². The van der Waals surface area contributed by atoms with Crippen molar-refractivity contribution < 1.29 is 4.79 Å². The third-order valence-corrected chi connectivity index (χ3v) is 6.20. The maximum atomic E-state index is 13.0. The summed E-state index contributed by atoms with van der Waals surface area (Å²) in [4.78, 5) is 41.8. The normalized spacial score (nSPS) is 12.0. The number of benzene rings is 1. The number of carbonyl (C=O) groups excluding carboxylic acids is 1. The van der Waals surface area contributed by atoms with Crippen LogP contribution in [0.2, 0.25) is 0 Å². The fraction of sp³-hybridized carbons (Fsp3) is 0.320. The zero-order chi connectivity index (χ0) is 23.8. The first-order valence-electron chi connectivity index (χ1n) is 11.0. The van der Waals surface area contributed by atoms with E-state index >= 15 is 0 Å². The lowest BCUT2D eigenvalue weighted by molar-refractivity contribution is 0.0872. The number of hydrogen-bond acceptors (Lipinski definition) is 7. The lowest BCUT2D eigenvalue weighted by atomic mass is 9.75. The van der Waals surface area contributed by atoms with E-state index in [2.05, 4.69) is 27.0 Å². The molecule has 3 aromatic rings. The van der Waals surface area contributed by atoms with Gasteiger partial charge in [-0.1, -0.05) is 32.0 Å². The summed E-state index contributed by atoms with van der Waals surface area (Å²) >= 11 is 0. The molecular weight excluding hydrogens is 418 g/mol. The molecule has 2 aromatic carbocycles. The van der Waals surface area contributed by atoms with Crippen molar-refractivity contribution >= 4 is 23.0 Å². The number of pyridine rings is 1. The minimum Gasteiger partial charge on any atom is -0.360 e. The second kappa shape index (κ2) is 10.6. The van der Waals surface area contributed by atoms with E-state index in [1.54, 1.807) is 48.8 Å². The molecule has 170 valence electrons. The molecule has 0 aliphatic carbocycles. The van der Waals surface area contributed by atoms with Crippen molar-refractivity contribution in [1.82, 2.24) is 10.3 Å². The molecule has 0 radical (unpaired) electrons. The van der Waals surface area contributed by atoms with E-state index in [-0.39, 0.29) is 17.3 Å². The molecule has 0 aliphatic rings. The minimum absolute atomic E-state index is 0.116. The van der Waals surface area contributed by atoms with Crippen molar-refractivity contribution in [3.05, 3.63) is 80.9 Å². The number of aromatic nitrogens is 1.